The molecule has 0 saturated heterocycles. The molecule has 0 radical (unpaired) electrons. The second-order valence-electron chi connectivity index (χ2n) is 13.9. The first-order valence-corrected chi connectivity index (χ1v) is 16.8. The summed E-state index contributed by atoms with van der Waals surface area (Å²) in [6.07, 6.45) is 0. The van der Waals surface area contributed by atoms with E-state index in [1.807, 2.05) is 0 Å². The van der Waals surface area contributed by atoms with Gasteiger partial charge in [0.1, 0.15) is 0 Å². The molecule has 9 aromatic rings. The van der Waals surface area contributed by atoms with E-state index in [0.29, 0.717) is 0 Å². The number of rotatable bonds is 4. The van der Waals surface area contributed by atoms with Crippen LogP contribution in [0.2, 0.25) is 0 Å². The van der Waals surface area contributed by atoms with Crippen molar-refractivity contribution in [3.63, 3.8) is 0 Å². The molecule has 0 bridgehead atoms. The number of aromatic nitrogens is 2. The van der Waals surface area contributed by atoms with Gasteiger partial charge in [0, 0.05) is 32.9 Å². The Labute approximate surface area is 281 Å². The van der Waals surface area contributed by atoms with Crippen LogP contribution in [0.3, 0.4) is 0 Å². The molecule has 2 aromatic heterocycles. The van der Waals surface area contributed by atoms with E-state index >= 15 is 0 Å². The fourth-order valence-electron chi connectivity index (χ4n) is 7.62. The maximum absolute atomic E-state index is 2.41. The van der Waals surface area contributed by atoms with E-state index in [2.05, 4.69) is 194 Å². The Bertz CT molecular complexity index is 2630. The molecular weight excluding hydrogens is 581 g/mol. The predicted molar refractivity (Wildman–Crippen MR) is 205 cm³/mol. The highest BCUT2D eigenvalue weighted by molar-refractivity contribution is 6.13. The van der Waals surface area contributed by atoms with Gasteiger partial charge in [0.2, 0.25) is 0 Å². The Balaban J connectivity index is 1.28. The van der Waals surface area contributed by atoms with Crippen molar-refractivity contribution >= 4 is 43.6 Å². The minimum absolute atomic E-state index is 0.0407. The molecule has 0 aliphatic carbocycles. The van der Waals surface area contributed by atoms with Gasteiger partial charge < -0.3 is 9.13 Å². The highest BCUT2D eigenvalue weighted by atomic mass is 15.0. The molecule has 2 heterocycles. The third-order valence-corrected chi connectivity index (χ3v) is 9.85. The van der Waals surface area contributed by atoms with Crippen molar-refractivity contribution in [1.82, 2.24) is 9.13 Å². The smallest absolute Gasteiger partial charge is 0.0541 e. The number of fused-ring (bicyclic) bond motifs is 6. The number of hydrogen-bond acceptors (Lipinski definition) is 0. The summed E-state index contributed by atoms with van der Waals surface area (Å²) in [5.41, 5.74) is 13.6. The van der Waals surface area contributed by atoms with Gasteiger partial charge in [-0.2, -0.15) is 0 Å². The molecule has 230 valence electrons. The summed E-state index contributed by atoms with van der Waals surface area (Å²) in [6.45, 7) is 6.89. The molecule has 9 rings (SSSR count). The molecule has 2 nitrogen and oxygen atoms in total. The van der Waals surface area contributed by atoms with Gasteiger partial charge in [-0.1, -0.05) is 118 Å². The van der Waals surface area contributed by atoms with Crippen LogP contribution in [-0.4, -0.2) is 9.13 Å². The minimum atomic E-state index is 0.0407. The quantitative estimate of drug-likeness (QED) is 0.186. The molecule has 2 heteroatoms. The first-order chi connectivity index (χ1) is 23.5. The van der Waals surface area contributed by atoms with Gasteiger partial charge in [-0.25, -0.2) is 0 Å². The van der Waals surface area contributed by atoms with Crippen LogP contribution >= 0.6 is 0 Å². The van der Waals surface area contributed by atoms with E-state index in [4.69, 9.17) is 0 Å². The zero-order valence-corrected chi connectivity index (χ0v) is 27.5. The summed E-state index contributed by atoms with van der Waals surface area (Å²) in [5.74, 6) is 0. The molecular formula is C46H36N2. The molecule has 0 unspecified atom stereocenters. The van der Waals surface area contributed by atoms with Crippen molar-refractivity contribution in [2.45, 2.75) is 26.2 Å². The number of nitrogens with zero attached hydrogens (tertiary/aromatic N) is 2. The third kappa shape index (κ3) is 4.48. The number of hydrogen-bond donors (Lipinski definition) is 0. The zero-order valence-electron chi connectivity index (χ0n) is 27.5. The van der Waals surface area contributed by atoms with E-state index in [0.717, 1.165) is 0 Å². The topological polar surface area (TPSA) is 9.86 Å². The molecule has 0 fully saturated rings. The Kier molecular flexibility index (Phi) is 6.42. The van der Waals surface area contributed by atoms with E-state index in [1.165, 1.54) is 82.8 Å². The van der Waals surface area contributed by atoms with Crippen LogP contribution in [0.5, 0.6) is 0 Å². The SMILES string of the molecule is CC(C)(C)c1ccccc1-c1ccc2c(c1)c1cc(-c3ccc4c(c3)c3ccccc3n4-c3ccccc3)ccc1n2-c1ccccc1. The summed E-state index contributed by atoms with van der Waals surface area (Å²) in [6, 6.07) is 59.9. The Morgan fingerprint density at radius 1 is 0.354 bits per heavy atom. The standard InChI is InChI=1S/C46H36N2/c1-46(2,3)41-20-12-10-18-36(41)33-24-27-45-40(30-33)39-29-32(23-26-44(39)48(45)35-16-8-5-9-17-35)31-22-25-43-38(28-31)37-19-11-13-21-42(37)47(43)34-14-6-4-7-15-34/h4-30H,1-3H3. The highest BCUT2D eigenvalue weighted by Gasteiger charge is 2.20. The van der Waals surface area contributed by atoms with Gasteiger partial charge in [-0.05, 0) is 100.0 Å². The van der Waals surface area contributed by atoms with Crippen molar-refractivity contribution in [3.05, 3.63) is 169 Å². The molecule has 0 aliphatic heterocycles. The van der Waals surface area contributed by atoms with Gasteiger partial charge in [-0.3, -0.25) is 0 Å². The van der Waals surface area contributed by atoms with Crippen LogP contribution in [0.25, 0.3) is 77.2 Å². The van der Waals surface area contributed by atoms with Crippen molar-refractivity contribution in [2.24, 2.45) is 0 Å². The molecule has 0 N–H and O–H groups in total. The maximum Gasteiger partial charge on any atom is 0.0541 e. The van der Waals surface area contributed by atoms with Crippen molar-refractivity contribution in [2.75, 3.05) is 0 Å². The monoisotopic (exact) mass is 616 g/mol. The maximum atomic E-state index is 2.41. The van der Waals surface area contributed by atoms with E-state index in [-0.39, 0.29) is 5.41 Å². The largest absolute Gasteiger partial charge is 0.309 e. The Morgan fingerprint density at radius 3 is 1.33 bits per heavy atom. The second kappa shape index (κ2) is 10.9. The summed E-state index contributed by atoms with van der Waals surface area (Å²) in [4.78, 5) is 0. The van der Waals surface area contributed by atoms with Gasteiger partial charge in [-0.15, -0.1) is 0 Å². The summed E-state index contributed by atoms with van der Waals surface area (Å²) >= 11 is 0. The predicted octanol–water partition coefficient (Wildman–Crippen LogP) is 12.5. The third-order valence-electron chi connectivity index (χ3n) is 9.85. The van der Waals surface area contributed by atoms with Crippen molar-refractivity contribution < 1.29 is 0 Å². The average molecular weight is 617 g/mol. The first kappa shape index (κ1) is 28.4. The minimum Gasteiger partial charge on any atom is -0.309 e. The van der Waals surface area contributed by atoms with Crippen LogP contribution in [-0.2, 0) is 5.41 Å². The Morgan fingerprint density at radius 2 is 0.771 bits per heavy atom. The summed E-state index contributed by atoms with van der Waals surface area (Å²) in [7, 11) is 0. The zero-order chi connectivity index (χ0) is 32.4. The van der Waals surface area contributed by atoms with E-state index < -0.39 is 0 Å². The van der Waals surface area contributed by atoms with Gasteiger partial charge in [0.25, 0.3) is 0 Å². The Hall–Kier alpha value is -5.86. The summed E-state index contributed by atoms with van der Waals surface area (Å²) < 4.78 is 4.78. The van der Waals surface area contributed by atoms with Gasteiger partial charge in [0.05, 0.1) is 22.1 Å². The van der Waals surface area contributed by atoms with Gasteiger partial charge >= 0.3 is 0 Å². The number of para-hydroxylation sites is 3. The van der Waals surface area contributed by atoms with Crippen molar-refractivity contribution in [1.29, 1.82) is 0 Å². The lowest BCUT2D eigenvalue weighted by Gasteiger charge is -2.23. The van der Waals surface area contributed by atoms with Crippen LogP contribution in [0.1, 0.15) is 26.3 Å². The molecule has 0 spiro atoms. The van der Waals surface area contributed by atoms with Crippen LogP contribution < -0.4 is 0 Å². The molecule has 7 aromatic carbocycles. The molecule has 0 amide bonds. The van der Waals surface area contributed by atoms with Gasteiger partial charge in [0.15, 0.2) is 0 Å². The van der Waals surface area contributed by atoms with E-state index in [1.54, 1.807) is 0 Å². The lowest BCUT2D eigenvalue weighted by atomic mass is 9.82. The molecule has 0 atom stereocenters. The lowest BCUT2D eigenvalue weighted by molar-refractivity contribution is 0.592. The van der Waals surface area contributed by atoms with Crippen LogP contribution in [0.15, 0.2) is 164 Å². The van der Waals surface area contributed by atoms with Crippen molar-refractivity contribution in [3.8, 4) is 33.6 Å². The average Bonchev–Trinajstić information content (AvgIpc) is 3.64. The van der Waals surface area contributed by atoms with Crippen LogP contribution in [0, 0.1) is 0 Å². The summed E-state index contributed by atoms with van der Waals surface area (Å²) in [5, 5.41) is 5.05. The van der Waals surface area contributed by atoms with Crippen LogP contribution in [0.4, 0.5) is 0 Å². The highest BCUT2D eigenvalue weighted by Crippen LogP contribution is 2.40. The first-order valence-electron chi connectivity index (χ1n) is 16.8. The lowest BCUT2D eigenvalue weighted by Crippen LogP contribution is -2.12. The fourth-order valence-corrected chi connectivity index (χ4v) is 7.62. The fraction of sp³-hybridized carbons (Fsp3) is 0.0870. The molecule has 48 heavy (non-hydrogen) atoms. The van der Waals surface area contributed by atoms with E-state index in [9.17, 15) is 0 Å². The number of benzene rings is 7. The normalized spacial score (nSPS) is 12.1. The molecule has 0 saturated carbocycles. The molecule has 0 aliphatic rings. The second-order valence-corrected chi connectivity index (χ2v) is 13.9.